The minimum absolute atomic E-state index is 0.0700. The molecule has 2 aliphatic rings. The van der Waals surface area contributed by atoms with Crippen molar-refractivity contribution in [3.63, 3.8) is 0 Å². The zero-order chi connectivity index (χ0) is 15.8. The Kier molecular flexibility index (Phi) is 3.71. The quantitative estimate of drug-likeness (QED) is 0.933. The van der Waals surface area contributed by atoms with E-state index in [1.807, 2.05) is 23.6 Å². The third-order valence-electron chi connectivity index (χ3n) is 4.48. The van der Waals surface area contributed by atoms with Crippen LogP contribution in [0.1, 0.15) is 30.0 Å². The number of carboxylic acid groups (broad SMARTS) is 1. The molecule has 2 unspecified atom stereocenters. The molecule has 5 nitrogen and oxygen atoms in total. The van der Waals surface area contributed by atoms with Crippen LogP contribution in [0.5, 0.6) is 11.5 Å². The van der Waals surface area contributed by atoms with E-state index in [-0.39, 0.29) is 12.8 Å². The Labute approximate surface area is 138 Å². The van der Waals surface area contributed by atoms with Crippen LogP contribution in [0, 0.1) is 0 Å². The summed E-state index contributed by atoms with van der Waals surface area (Å²) in [6, 6.07) is 7.44. The minimum atomic E-state index is -0.747. The lowest BCUT2D eigenvalue weighted by molar-refractivity contribution is -0.142. The number of ether oxygens (including phenoxy) is 2. The molecular formula is C17H17NO4S. The molecule has 0 bridgehead atoms. The zero-order valence-electron chi connectivity index (χ0n) is 12.5. The molecule has 23 heavy (non-hydrogen) atoms. The average molecular weight is 331 g/mol. The van der Waals surface area contributed by atoms with E-state index in [0.717, 1.165) is 35.6 Å². The first kappa shape index (κ1) is 14.5. The summed E-state index contributed by atoms with van der Waals surface area (Å²) in [7, 11) is 0. The fourth-order valence-corrected chi connectivity index (χ4v) is 4.13. The summed E-state index contributed by atoms with van der Waals surface area (Å²) in [6.45, 7) is 1.02. The Morgan fingerprint density at radius 2 is 2.13 bits per heavy atom. The largest absolute Gasteiger partial charge is 0.480 e. The Bertz CT molecular complexity index is 715. The van der Waals surface area contributed by atoms with Crippen LogP contribution in [-0.2, 0) is 4.79 Å². The molecule has 2 aliphatic heterocycles. The fraction of sp³-hybridized carbons (Fsp3) is 0.353. The third-order valence-corrected chi connectivity index (χ3v) is 5.18. The van der Waals surface area contributed by atoms with Gasteiger partial charge in [-0.3, -0.25) is 9.69 Å². The monoisotopic (exact) mass is 331 g/mol. The molecule has 0 saturated carbocycles. The summed E-state index contributed by atoms with van der Waals surface area (Å²) in [4.78, 5) is 13.7. The van der Waals surface area contributed by atoms with Gasteiger partial charge in [-0.15, -0.1) is 0 Å². The number of rotatable bonds is 4. The first-order valence-electron chi connectivity index (χ1n) is 7.64. The molecule has 2 atom stereocenters. The predicted molar refractivity (Wildman–Crippen MR) is 86.1 cm³/mol. The summed E-state index contributed by atoms with van der Waals surface area (Å²) >= 11 is 1.63. The van der Waals surface area contributed by atoms with Gasteiger partial charge in [0.05, 0.1) is 6.04 Å². The van der Waals surface area contributed by atoms with Gasteiger partial charge in [-0.25, -0.2) is 0 Å². The van der Waals surface area contributed by atoms with Crippen LogP contribution in [0.2, 0.25) is 0 Å². The number of hydrogen-bond donors (Lipinski definition) is 1. The molecule has 1 N–H and O–H groups in total. The van der Waals surface area contributed by atoms with Crippen LogP contribution in [0.4, 0.5) is 0 Å². The van der Waals surface area contributed by atoms with E-state index in [1.54, 1.807) is 11.3 Å². The van der Waals surface area contributed by atoms with E-state index < -0.39 is 12.0 Å². The number of likely N-dealkylation sites (tertiary alicyclic amines) is 1. The molecule has 0 spiro atoms. The maximum absolute atomic E-state index is 11.6. The van der Waals surface area contributed by atoms with Crippen LogP contribution in [0.25, 0.3) is 0 Å². The van der Waals surface area contributed by atoms with Crippen molar-refractivity contribution in [3.05, 3.63) is 46.2 Å². The van der Waals surface area contributed by atoms with E-state index in [0.29, 0.717) is 6.42 Å². The van der Waals surface area contributed by atoms with Crippen LogP contribution in [0.15, 0.2) is 35.0 Å². The highest BCUT2D eigenvalue weighted by molar-refractivity contribution is 7.08. The van der Waals surface area contributed by atoms with Crippen molar-refractivity contribution >= 4 is 17.3 Å². The van der Waals surface area contributed by atoms with Gasteiger partial charge < -0.3 is 14.6 Å². The highest BCUT2D eigenvalue weighted by Crippen LogP contribution is 2.40. The standard InChI is InChI=1S/C17H17NO4S/c19-17(20)13-2-1-6-18(13)16(12-5-7-23-9-12)11-3-4-14-15(8-11)22-10-21-14/h3-5,7-9,13,16H,1-2,6,10H2,(H,19,20). The lowest BCUT2D eigenvalue weighted by Crippen LogP contribution is -2.39. The van der Waals surface area contributed by atoms with Gasteiger partial charge in [0, 0.05) is 6.54 Å². The van der Waals surface area contributed by atoms with Crippen molar-refractivity contribution in [1.82, 2.24) is 4.90 Å². The molecule has 0 radical (unpaired) electrons. The van der Waals surface area contributed by atoms with Crippen LogP contribution >= 0.6 is 11.3 Å². The molecule has 3 heterocycles. The Morgan fingerprint density at radius 1 is 1.26 bits per heavy atom. The molecule has 1 aromatic heterocycles. The summed E-state index contributed by atoms with van der Waals surface area (Å²) < 4.78 is 10.9. The molecule has 2 aromatic rings. The minimum Gasteiger partial charge on any atom is -0.480 e. The van der Waals surface area contributed by atoms with Gasteiger partial charge in [0.15, 0.2) is 11.5 Å². The Hall–Kier alpha value is -2.05. The number of carbonyl (C=O) groups is 1. The number of benzene rings is 1. The maximum Gasteiger partial charge on any atom is 0.320 e. The van der Waals surface area contributed by atoms with E-state index in [1.165, 1.54) is 0 Å². The van der Waals surface area contributed by atoms with Gasteiger partial charge in [-0.1, -0.05) is 6.07 Å². The second kappa shape index (κ2) is 5.86. The third kappa shape index (κ3) is 2.58. The molecule has 120 valence electrons. The van der Waals surface area contributed by atoms with E-state index in [2.05, 4.69) is 16.3 Å². The van der Waals surface area contributed by atoms with Crippen molar-refractivity contribution in [1.29, 1.82) is 0 Å². The van der Waals surface area contributed by atoms with Crippen LogP contribution in [0.3, 0.4) is 0 Å². The van der Waals surface area contributed by atoms with Gasteiger partial charge in [-0.05, 0) is 52.9 Å². The van der Waals surface area contributed by atoms with Gasteiger partial charge in [0.25, 0.3) is 0 Å². The van der Waals surface area contributed by atoms with Crippen LogP contribution in [-0.4, -0.2) is 35.4 Å². The first-order chi connectivity index (χ1) is 11.2. The summed E-state index contributed by atoms with van der Waals surface area (Å²) in [5, 5.41) is 13.7. The van der Waals surface area contributed by atoms with Crippen LogP contribution < -0.4 is 9.47 Å². The molecular weight excluding hydrogens is 314 g/mol. The smallest absolute Gasteiger partial charge is 0.320 e. The van der Waals surface area contributed by atoms with Gasteiger partial charge in [0.2, 0.25) is 6.79 Å². The van der Waals surface area contributed by atoms with Gasteiger partial charge >= 0.3 is 5.97 Å². The molecule has 1 saturated heterocycles. The van der Waals surface area contributed by atoms with Crippen molar-refractivity contribution < 1.29 is 19.4 Å². The Morgan fingerprint density at radius 3 is 2.91 bits per heavy atom. The fourth-order valence-electron chi connectivity index (χ4n) is 3.45. The average Bonchev–Trinajstić information content (AvgIpc) is 3.29. The summed E-state index contributed by atoms with van der Waals surface area (Å²) in [5.41, 5.74) is 2.17. The number of fused-ring (bicyclic) bond motifs is 1. The number of carboxylic acids is 1. The highest BCUT2D eigenvalue weighted by Gasteiger charge is 2.37. The van der Waals surface area contributed by atoms with Crippen molar-refractivity contribution in [2.24, 2.45) is 0 Å². The second-order valence-corrected chi connectivity index (χ2v) is 6.59. The van der Waals surface area contributed by atoms with Crippen molar-refractivity contribution in [2.75, 3.05) is 13.3 Å². The lowest BCUT2D eigenvalue weighted by Gasteiger charge is -2.31. The summed E-state index contributed by atoms with van der Waals surface area (Å²) in [5.74, 6) is 0.728. The van der Waals surface area contributed by atoms with Crippen molar-refractivity contribution in [3.8, 4) is 11.5 Å². The molecule has 1 fully saturated rings. The molecule has 4 rings (SSSR count). The molecule has 0 aliphatic carbocycles. The topological polar surface area (TPSA) is 59.0 Å². The number of nitrogens with zero attached hydrogens (tertiary/aromatic N) is 1. The maximum atomic E-state index is 11.6. The lowest BCUT2D eigenvalue weighted by atomic mass is 9.98. The number of thiophene rings is 1. The molecule has 1 aromatic carbocycles. The first-order valence-corrected chi connectivity index (χ1v) is 8.58. The van der Waals surface area contributed by atoms with Gasteiger partial charge in [-0.2, -0.15) is 11.3 Å². The molecule has 0 amide bonds. The predicted octanol–water partition coefficient (Wildman–Crippen LogP) is 3.12. The Balaban J connectivity index is 1.76. The highest BCUT2D eigenvalue weighted by atomic mass is 32.1. The number of aliphatic carboxylic acids is 1. The number of hydrogen-bond acceptors (Lipinski definition) is 5. The normalized spacial score (nSPS) is 21.5. The van der Waals surface area contributed by atoms with E-state index in [4.69, 9.17) is 9.47 Å². The molecule has 6 heteroatoms. The van der Waals surface area contributed by atoms with Gasteiger partial charge in [0.1, 0.15) is 6.04 Å². The zero-order valence-corrected chi connectivity index (χ0v) is 13.3. The van der Waals surface area contributed by atoms with Crippen molar-refractivity contribution in [2.45, 2.75) is 24.9 Å². The summed E-state index contributed by atoms with van der Waals surface area (Å²) in [6.07, 6.45) is 1.60. The second-order valence-electron chi connectivity index (χ2n) is 5.81. The van der Waals surface area contributed by atoms with E-state index in [9.17, 15) is 9.90 Å². The van der Waals surface area contributed by atoms with E-state index >= 15 is 0 Å². The SMILES string of the molecule is O=C(O)C1CCCN1C(c1ccsc1)c1ccc2c(c1)OCO2.